The summed E-state index contributed by atoms with van der Waals surface area (Å²) in [7, 11) is -1.95. The molecule has 1 aliphatic rings. The van der Waals surface area contributed by atoms with Crippen LogP contribution in [0.1, 0.15) is 11.1 Å². The predicted octanol–water partition coefficient (Wildman–Crippen LogP) is 1.33. The summed E-state index contributed by atoms with van der Waals surface area (Å²) in [6.45, 7) is 0.338. The van der Waals surface area contributed by atoms with Gasteiger partial charge in [-0.05, 0) is 23.8 Å². The second kappa shape index (κ2) is 5.17. The molecule has 2 heterocycles. The molecule has 21 heavy (non-hydrogen) atoms. The SMILES string of the molecule is COc1cc(CN=C2NS(=O)(=O)c3ccccc32)ccn1. The Morgan fingerprint density at radius 2 is 2.10 bits per heavy atom. The van der Waals surface area contributed by atoms with E-state index in [1.807, 2.05) is 6.07 Å². The van der Waals surface area contributed by atoms with E-state index >= 15 is 0 Å². The van der Waals surface area contributed by atoms with E-state index in [1.165, 1.54) is 0 Å². The van der Waals surface area contributed by atoms with Crippen molar-refractivity contribution in [3.05, 3.63) is 53.7 Å². The standard InChI is InChI=1S/C14H13N3O3S/c1-20-13-8-10(6-7-15-13)9-16-14-11-4-2-3-5-12(11)21(18,19)17-14/h2-8H,9H2,1H3,(H,16,17). The zero-order valence-electron chi connectivity index (χ0n) is 11.3. The molecule has 1 aromatic heterocycles. The van der Waals surface area contributed by atoms with Gasteiger partial charge in [0.25, 0.3) is 10.0 Å². The summed E-state index contributed by atoms with van der Waals surface area (Å²) >= 11 is 0. The normalized spacial score (nSPS) is 17.3. The van der Waals surface area contributed by atoms with Crippen molar-refractivity contribution in [3.8, 4) is 5.88 Å². The number of hydrogen-bond donors (Lipinski definition) is 1. The summed E-state index contributed by atoms with van der Waals surface area (Å²) in [4.78, 5) is 8.62. The molecule has 0 aliphatic carbocycles. The molecule has 0 radical (unpaired) electrons. The van der Waals surface area contributed by atoms with Gasteiger partial charge >= 0.3 is 0 Å². The zero-order valence-corrected chi connectivity index (χ0v) is 12.1. The average Bonchev–Trinajstić information content (AvgIpc) is 2.77. The molecule has 3 rings (SSSR count). The molecule has 0 spiro atoms. The second-order valence-electron chi connectivity index (χ2n) is 4.47. The van der Waals surface area contributed by atoms with Crippen molar-refractivity contribution in [1.82, 2.24) is 9.71 Å². The molecule has 1 N–H and O–H groups in total. The topological polar surface area (TPSA) is 80.6 Å². The van der Waals surface area contributed by atoms with Crippen LogP contribution in [0.15, 0.2) is 52.5 Å². The quantitative estimate of drug-likeness (QED) is 0.927. The third-order valence-electron chi connectivity index (χ3n) is 3.09. The van der Waals surface area contributed by atoms with Gasteiger partial charge in [-0.2, -0.15) is 0 Å². The molecule has 2 aromatic rings. The van der Waals surface area contributed by atoms with Crippen LogP contribution >= 0.6 is 0 Å². The summed E-state index contributed by atoms with van der Waals surface area (Å²) in [5, 5.41) is 0. The first-order valence-corrected chi connectivity index (χ1v) is 7.74. The molecule has 108 valence electrons. The highest BCUT2D eigenvalue weighted by molar-refractivity contribution is 7.90. The fourth-order valence-electron chi connectivity index (χ4n) is 2.08. The van der Waals surface area contributed by atoms with E-state index in [1.54, 1.807) is 43.6 Å². The lowest BCUT2D eigenvalue weighted by Crippen LogP contribution is -2.22. The van der Waals surface area contributed by atoms with E-state index in [0.717, 1.165) is 5.56 Å². The zero-order chi connectivity index (χ0) is 14.9. The van der Waals surface area contributed by atoms with Gasteiger partial charge in [0.1, 0.15) is 5.84 Å². The van der Waals surface area contributed by atoms with Crippen molar-refractivity contribution in [1.29, 1.82) is 0 Å². The predicted molar refractivity (Wildman–Crippen MR) is 77.8 cm³/mol. The van der Waals surface area contributed by atoms with Gasteiger partial charge in [-0.25, -0.2) is 13.4 Å². The van der Waals surface area contributed by atoms with Crippen LogP contribution < -0.4 is 9.46 Å². The second-order valence-corrected chi connectivity index (χ2v) is 6.12. The maximum absolute atomic E-state index is 12.0. The Kier molecular flexibility index (Phi) is 3.34. The van der Waals surface area contributed by atoms with Crippen molar-refractivity contribution < 1.29 is 13.2 Å². The van der Waals surface area contributed by atoms with Gasteiger partial charge in [-0.3, -0.25) is 9.71 Å². The summed E-state index contributed by atoms with van der Waals surface area (Å²) in [6.07, 6.45) is 1.63. The highest BCUT2D eigenvalue weighted by Crippen LogP contribution is 2.22. The molecule has 0 bridgehead atoms. The summed E-state index contributed by atoms with van der Waals surface area (Å²) in [5.74, 6) is 0.862. The van der Waals surface area contributed by atoms with Crippen LogP contribution in [0.2, 0.25) is 0 Å². The highest BCUT2D eigenvalue weighted by atomic mass is 32.2. The van der Waals surface area contributed by atoms with Crippen LogP contribution in [0.4, 0.5) is 0 Å². The van der Waals surface area contributed by atoms with Gasteiger partial charge in [0.15, 0.2) is 0 Å². The number of rotatable bonds is 3. The monoisotopic (exact) mass is 303 g/mol. The maximum Gasteiger partial charge on any atom is 0.263 e. The molecule has 1 aliphatic heterocycles. The Balaban J connectivity index is 1.91. The minimum atomic E-state index is -3.49. The fourth-order valence-corrected chi connectivity index (χ4v) is 3.33. The number of nitrogens with one attached hydrogen (secondary N) is 1. The Bertz CT molecular complexity index is 816. The summed E-state index contributed by atoms with van der Waals surface area (Å²) in [5.41, 5.74) is 1.48. The van der Waals surface area contributed by atoms with Gasteiger partial charge in [0, 0.05) is 17.8 Å². The lowest BCUT2D eigenvalue weighted by molar-refractivity contribution is 0.397. The first-order valence-electron chi connectivity index (χ1n) is 6.26. The first-order chi connectivity index (χ1) is 10.1. The number of amidine groups is 1. The molecule has 7 heteroatoms. The third kappa shape index (κ3) is 2.59. The molecule has 0 saturated carbocycles. The lowest BCUT2D eigenvalue weighted by atomic mass is 10.2. The van der Waals surface area contributed by atoms with Crippen molar-refractivity contribution in [2.45, 2.75) is 11.4 Å². The van der Waals surface area contributed by atoms with Crippen LogP contribution in [-0.4, -0.2) is 26.3 Å². The minimum Gasteiger partial charge on any atom is -0.481 e. The van der Waals surface area contributed by atoms with E-state index in [9.17, 15) is 8.42 Å². The van der Waals surface area contributed by atoms with Crippen LogP contribution in [-0.2, 0) is 16.6 Å². The number of pyridine rings is 1. The Labute approximate surface area is 122 Å². The van der Waals surface area contributed by atoms with Crippen LogP contribution in [0.3, 0.4) is 0 Å². The molecule has 0 atom stereocenters. The van der Waals surface area contributed by atoms with Crippen molar-refractivity contribution in [2.75, 3.05) is 7.11 Å². The van der Waals surface area contributed by atoms with Gasteiger partial charge in [-0.15, -0.1) is 0 Å². The summed E-state index contributed by atoms with van der Waals surface area (Å²) in [6, 6.07) is 10.3. The number of hydrogen-bond acceptors (Lipinski definition) is 5. The van der Waals surface area contributed by atoms with Gasteiger partial charge < -0.3 is 4.74 Å². The van der Waals surface area contributed by atoms with E-state index in [2.05, 4.69) is 14.7 Å². The number of nitrogens with zero attached hydrogens (tertiary/aromatic N) is 2. The van der Waals surface area contributed by atoms with E-state index in [-0.39, 0.29) is 4.90 Å². The lowest BCUT2D eigenvalue weighted by Gasteiger charge is -2.02. The van der Waals surface area contributed by atoms with Crippen LogP contribution in [0, 0.1) is 0 Å². The number of ether oxygens (including phenoxy) is 1. The van der Waals surface area contributed by atoms with Crippen molar-refractivity contribution in [3.63, 3.8) is 0 Å². The number of benzene rings is 1. The number of aliphatic imine (C=N–C) groups is 1. The molecule has 1 aromatic carbocycles. The first kappa shape index (κ1) is 13.6. The number of aromatic nitrogens is 1. The van der Waals surface area contributed by atoms with E-state index in [4.69, 9.17) is 4.74 Å². The molecule has 6 nitrogen and oxygen atoms in total. The van der Waals surface area contributed by atoms with E-state index < -0.39 is 10.0 Å². The molecular weight excluding hydrogens is 290 g/mol. The Morgan fingerprint density at radius 1 is 1.29 bits per heavy atom. The maximum atomic E-state index is 12.0. The van der Waals surface area contributed by atoms with Gasteiger partial charge in [0.05, 0.1) is 18.6 Å². The number of methoxy groups -OCH3 is 1. The highest BCUT2D eigenvalue weighted by Gasteiger charge is 2.29. The van der Waals surface area contributed by atoms with E-state index in [0.29, 0.717) is 23.8 Å². The molecular formula is C14H13N3O3S. The number of fused-ring (bicyclic) bond motifs is 1. The van der Waals surface area contributed by atoms with Gasteiger partial charge in [-0.1, -0.05) is 12.1 Å². The fraction of sp³-hybridized carbons (Fsp3) is 0.143. The minimum absolute atomic E-state index is 0.260. The van der Waals surface area contributed by atoms with Crippen molar-refractivity contribution in [2.24, 2.45) is 4.99 Å². The van der Waals surface area contributed by atoms with Crippen molar-refractivity contribution >= 4 is 15.9 Å². The molecule has 0 amide bonds. The average molecular weight is 303 g/mol. The smallest absolute Gasteiger partial charge is 0.263 e. The third-order valence-corrected chi connectivity index (χ3v) is 4.49. The Morgan fingerprint density at radius 3 is 2.90 bits per heavy atom. The molecule has 0 unspecified atom stereocenters. The molecule has 0 fully saturated rings. The molecule has 0 saturated heterocycles. The van der Waals surface area contributed by atoms with Crippen LogP contribution in [0.25, 0.3) is 0 Å². The van der Waals surface area contributed by atoms with Gasteiger partial charge in [0.2, 0.25) is 5.88 Å². The summed E-state index contributed by atoms with van der Waals surface area (Å²) < 4.78 is 31.4. The number of sulfonamides is 1. The van der Waals surface area contributed by atoms with Crippen LogP contribution in [0.5, 0.6) is 5.88 Å². The largest absolute Gasteiger partial charge is 0.481 e. The Hall–Kier alpha value is -2.41.